The lowest BCUT2D eigenvalue weighted by Crippen LogP contribution is -2.24. The SMILES string of the molecule is COC(=O)c1ccc(CNC(=O)c2ccccc2NS(C)(=O)=O)cc1. The standard InChI is InChI=1S/C17H18N2O5S/c1-24-17(21)13-9-7-12(8-10-13)11-18-16(20)14-5-3-4-6-15(14)19-25(2,22)23/h3-10,19H,11H2,1-2H3,(H,18,20). The van der Waals surface area contributed by atoms with Crippen molar-refractivity contribution in [1.29, 1.82) is 0 Å². The summed E-state index contributed by atoms with van der Waals surface area (Å²) < 4.78 is 29.7. The van der Waals surface area contributed by atoms with E-state index in [2.05, 4.69) is 14.8 Å². The average Bonchev–Trinajstić information content (AvgIpc) is 2.58. The van der Waals surface area contributed by atoms with Gasteiger partial charge in [0.2, 0.25) is 10.0 Å². The first-order valence-electron chi connectivity index (χ1n) is 7.32. The molecule has 0 unspecified atom stereocenters. The van der Waals surface area contributed by atoms with Crippen LogP contribution in [-0.2, 0) is 21.3 Å². The number of sulfonamides is 1. The summed E-state index contributed by atoms with van der Waals surface area (Å²) in [7, 11) is -2.19. The number of hydrogen-bond donors (Lipinski definition) is 2. The van der Waals surface area contributed by atoms with Gasteiger partial charge in [0.05, 0.1) is 30.2 Å². The van der Waals surface area contributed by atoms with Gasteiger partial charge in [-0.1, -0.05) is 24.3 Å². The predicted octanol–water partition coefficient (Wildman–Crippen LogP) is 1.77. The Morgan fingerprint density at radius 1 is 1.04 bits per heavy atom. The van der Waals surface area contributed by atoms with Crippen LogP contribution in [0.4, 0.5) is 5.69 Å². The van der Waals surface area contributed by atoms with E-state index >= 15 is 0 Å². The van der Waals surface area contributed by atoms with Crippen molar-refractivity contribution in [3.05, 3.63) is 65.2 Å². The lowest BCUT2D eigenvalue weighted by molar-refractivity contribution is 0.0600. The largest absolute Gasteiger partial charge is 0.465 e. The molecule has 25 heavy (non-hydrogen) atoms. The van der Waals surface area contributed by atoms with E-state index in [4.69, 9.17) is 0 Å². The first-order valence-corrected chi connectivity index (χ1v) is 9.21. The number of rotatable bonds is 6. The molecule has 7 nitrogen and oxygen atoms in total. The van der Waals surface area contributed by atoms with Gasteiger partial charge in [-0.2, -0.15) is 0 Å². The summed E-state index contributed by atoms with van der Waals surface area (Å²) in [6.45, 7) is 0.230. The van der Waals surface area contributed by atoms with Crippen molar-refractivity contribution >= 4 is 27.6 Å². The maximum absolute atomic E-state index is 12.3. The van der Waals surface area contributed by atoms with Crippen molar-refractivity contribution in [1.82, 2.24) is 5.32 Å². The van der Waals surface area contributed by atoms with Crippen molar-refractivity contribution in [2.24, 2.45) is 0 Å². The molecular weight excluding hydrogens is 344 g/mol. The topological polar surface area (TPSA) is 102 Å². The van der Waals surface area contributed by atoms with Crippen molar-refractivity contribution in [3.63, 3.8) is 0 Å². The summed E-state index contributed by atoms with van der Waals surface area (Å²) in [5, 5.41) is 2.71. The number of methoxy groups -OCH3 is 1. The number of benzene rings is 2. The number of ether oxygens (including phenoxy) is 1. The summed E-state index contributed by atoms with van der Waals surface area (Å²) in [5.74, 6) is -0.847. The molecule has 0 aliphatic heterocycles. The molecule has 0 saturated heterocycles. The van der Waals surface area contributed by atoms with Gasteiger partial charge in [-0.05, 0) is 29.8 Å². The van der Waals surface area contributed by atoms with Crippen molar-refractivity contribution < 1.29 is 22.7 Å². The van der Waals surface area contributed by atoms with Crippen molar-refractivity contribution in [3.8, 4) is 0 Å². The minimum atomic E-state index is -3.49. The monoisotopic (exact) mass is 362 g/mol. The van der Waals surface area contributed by atoms with E-state index in [1.54, 1.807) is 36.4 Å². The Bertz CT molecular complexity index is 876. The Morgan fingerprint density at radius 2 is 1.68 bits per heavy atom. The van der Waals surface area contributed by atoms with Crippen molar-refractivity contribution in [2.45, 2.75) is 6.54 Å². The minimum Gasteiger partial charge on any atom is -0.465 e. The molecule has 0 aliphatic rings. The first kappa shape index (κ1) is 18.5. The van der Waals surface area contributed by atoms with Crippen LogP contribution in [0.5, 0.6) is 0 Å². The quantitative estimate of drug-likeness (QED) is 0.763. The Labute approximate surface area is 146 Å². The Kier molecular flexibility index (Phi) is 5.76. The number of anilines is 1. The molecule has 0 aliphatic carbocycles. The minimum absolute atomic E-state index is 0.212. The van der Waals surface area contributed by atoms with Gasteiger partial charge in [0.25, 0.3) is 5.91 Å². The van der Waals surface area contributed by atoms with Gasteiger partial charge in [-0.3, -0.25) is 9.52 Å². The van der Waals surface area contributed by atoms with Crippen LogP contribution < -0.4 is 10.0 Å². The third kappa shape index (κ3) is 5.32. The summed E-state index contributed by atoms with van der Waals surface area (Å²) in [6.07, 6.45) is 1.02. The lowest BCUT2D eigenvalue weighted by atomic mass is 10.1. The third-order valence-electron chi connectivity index (χ3n) is 3.30. The van der Waals surface area contributed by atoms with Crippen LogP contribution >= 0.6 is 0 Å². The number of amides is 1. The number of carbonyl (C=O) groups excluding carboxylic acids is 2. The van der Waals surface area contributed by atoms with E-state index in [0.29, 0.717) is 5.56 Å². The summed E-state index contributed by atoms with van der Waals surface area (Å²) in [6, 6.07) is 12.9. The smallest absolute Gasteiger partial charge is 0.337 e. The molecule has 1 amide bonds. The maximum Gasteiger partial charge on any atom is 0.337 e. The Balaban J connectivity index is 2.07. The molecule has 0 radical (unpaired) electrons. The van der Waals surface area contributed by atoms with Crippen LogP contribution in [0.15, 0.2) is 48.5 Å². The second kappa shape index (κ2) is 7.80. The second-order valence-electron chi connectivity index (χ2n) is 5.29. The summed E-state index contributed by atoms with van der Waals surface area (Å²) in [5.41, 5.74) is 1.64. The first-order chi connectivity index (χ1) is 11.8. The van der Waals surface area contributed by atoms with Crippen LogP contribution in [0, 0.1) is 0 Å². The van der Waals surface area contributed by atoms with Crippen LogP contribution in [-0.4, -0.2) is 33.7 Å². The van der Waals surface area contributed by atoms with Crippen LogP contribution in [0.2, 0.25) is 0 Å². The van der Waals surface area contributed by atoms with Gasteiger partial charge in [0, 0.05) is 6.54 Å². The molecule has 132 valence electrons. The molecule has 2 N–H and O–H groups in total. The van der Waals surface area contributed by atoms with Gasteiger partial charge >= 0.3 is 5.97 Å². The number of carbonyl (C=O) groups is 2. The molecule has 0 saturated carbocycles. The van der Waals surface area contributed by atoms with E-state index in [0.717, 1.165) is 11.8 Å². The van der Waals surface area contributed by atoms with Gasteiger partial charge < -0.3 is 10.1 Å². The zero-order valence-electron chi connectivity index (χ0n) is 13.8. The van der Waals surface area contributed by atoms with Crippen molar-refractivity contribution in [2.75, 3.05) is 18.1 Å². The van der Waals surface area contributed by atoms with E-state index in [9.17, 15) is 18.0 Å². The molecule has 0 aromatic heterocycles. The summed E-state index contributed by atoms with van der Waals surface area (Å²) in [4.78, 5) is 23.7. The third-order valence-corrected chi connectivity index (χ3v) is 3.89. The molecule has 0 spiro atoms. The molecule has 2 aromatic carbocycles. The number of para-hydroxylation sites is 1. The number of esters is 1. The highest BCUT2D eigenvalue weighted by Gasteiger charge is 2.13. The molecule has 0 atom stereocenters. The molecule has 2 rings (SSSR count). The highest BCUT2D eigenvalue weighted by atomic mass is 32.2. The Hall–Kier alpha value is -2.87. The second-order valence-corrected chi connectivity index (χ2v) is 7.04. The van der Waals surface area contributed by atoms with Crippen LogP contribution in [0.25, 0.3) is 0 Å². The van der Waals surface area contributed by atoms with Crippen LogP contribution in [0.1, 0.15) is 26.3 Å². The Morgan fingerprint density at radius 3 is 2.28 bits per heavy atom. The van der Waals surface area contributed by atoms with Gasteiger partial charge in [-0.25, -0.2) is 13.2 Å². The van der Waals surface area contributed by atoms with Gasteiger partial charge in [0.15, 0.2) is 0 Å². The number of nitrogens with one attached hydrogen (secondary N) is 2. The average molecular weight is 362 g/mol. The molecule has 0 bridgehead atoms. The van der Waals surface area contributed by atoms with E-state index in [1.165, 1.54) is 19.2 Å². The van der Waals surface area contributed by atoms with E-state index < -0.39 is 21.9 Å². The lowest BCUT2D eigenvalue weighted by Gasteiger charge is -2.11. The fraction of sp³-hybridized carbons (Fsp3) is 0.176. The normalized spacial score (nSPS) is 10.8. The molecule has 8 heteroatoms. The summed E-state index contributed by atoms with van der Waals surface area (Å²) >= 11 is 0. The highest BCUT2D eigenvalue weighted by Crippen LogP contribution is 2.16. The zero-order chi connectivity index (χ0) is 18.4. The maximum atomic E-state index is 12.3. The number of hydrogen-bond acceptors (Lipinski definition) is 5. The molecule has 0 fully saturated rings. The highest BCUT2D eigenvalue weighted by molar-refractivity contribution is 7.92. The van der Waals surface area contributed by atoms with Crippen LogP contribution in [0.3, 0.4) is 0 Å². The molecule has 0 heterocycles. The van der Waals surface area contributed by atoms with E-state index in [1.807, 2.05) is 0 Å². The van der Waals surface area contributed by atoms with Gasteiger partial charge in [-0.15, -0.1) is 0 Å². The predicted molar refractivity (Wildman–Crippen MR) is 93.9 cm³/mol. The molecule has 2 aromatic rings. The fourth-order valence-electron chi connectivity index (χ4n) is 2.12. The van der Waals surface area contributed by atoms with Gasteiger partial charge in [0.1, 0.15) is 0 Å². The van der Waals surface area contributed by atoms with E-state index in [-0.39, 0.29) is 17.8 Å². The fourth-order valence-corrected chi connectivity index (χ4v) is 2.70. The molecular formula is C17H18N2O5S. The zero-order valence-corrected chi connectivity index (χ0v) is 14.6.